The Morgan fingerprint density at radius 3 is 2.83 bits per heavy atom. The first-order valence-corrected chi connectivity index (χ1v) is 8.76. The monoisotopic (exact) mass is 329 g/mol. The molecule has 0 spiro atoms. The molecule has 0 bridgehead atoms. The maximum absolute atomic E-state index is 5.98. The fourth-order valence-corrected chi connectivity index (χ4v) is 3.22. The van der Waals surface area contributed by atoms with E-state index in [0.717, 1.165) is 73.6 Å². The SMILES string of the molecule is Cc1cc(C)c2c(NCCCOC3CCN(C)CC3)ncnc2n1. The number of aryl methyl sites for hydroxylation is 2. The van der Waals surface area contributed by atoms with Crippen LogP contribution in [-0.4, -0.2) is 59.2 Å². The van der Waals surface area contributed by atoms with Crippen LogP contribution in [0.4, 0.5) is 5.82 Å². The zero-order valence-electron chi connectivity index (χ0n) is 14.9. The maximum Gasteiger partial charge on any atom is 0.165 e. The minimum absolute atomic E-state index is 0.426. The third-order valence-electron chi connectivity index (χ3n) is 4.56. The highest BCUT2D eigenvalue weighted by Crippen LogP contribution is 2.22. The van der Waals surface area contributed by atoms with Gasteiger partial charge in [-0.2, -0.15) is 0 Å². The summed E-state index contributed by atoms with van der Waals surface area (Å²) in [6.07, 6.45) is 5.26. The number of fused-ring (bicyclic) bond motifs is 1. The molecule has 2 aromatic heterocycles. The zero-order chi connectivity index (χ0) is 16.9. The van der Waals surface area contributed by atoms with Gasteiger partial charge in [-0.1, -0.05) is 0 Å². The lowest BCUT2D eigenvalue weighted by Gasteiger charge is -2.28. The molecule has 0 aromatic carbocycles. The van der Waals surface area contributed by atoms with E-state index < -0.39 is 0 Å². The molecule has 0 unspecified atom stereocenters. The Hall–Kier alpha value is -1.79. The molecular formula is C18H27N5O. The van der Waals surface area contributed by atoms with Crippen molar-refractivity contribution in [1.29, 1.82) is 0 Å². The van der Waals surface area contributed by atoms with Gasteiger partial charge >= 0.3 is 0 Å². The van der Waals surface area contributed by atoms with Crippen molar-refractivity contribution in [1.82, 2.24) is 19.9 Å². The van der Waals surface area contributed by atoms with Gasteiger partial charge < -0.3 is 15.0 Å². The predicted molar refractivity (Wildman–Crippen MR) is 96.4 cm³/mol. The first-order chi connectivity index (χ1) is 11.6. The van der Waals surface area contributed by atoms with Gasteiger partial charge in [0.05, 0.1) is 11.5 Å². The molecule has 2 aromatic rings. The minimum atomic E-state index is 0.426. The second-order valence-corrected chi connectivity index (χ2v) is 6.66. The average Bonchev–Trinajstić information content (AvgIpc) is 2.55. The van der Waals surface area contributed by atoms with Crippen LogP contribution in [0.1, 0.15) is 30.5 Å². The van der Waals surface area contributed by atoms with Gasteiger partial charge in [0.25, 0.3) is 0 Å². The largest absolute Gasteiger partial charge is 0.378 e. The van der Waals surface area contributed by atoms with Crippen molar-refractivity contribution in [3.05, 3.63) is 23.7 Å². The number of hydrogen-bond donors (Lipinski definition) is 1. The molecule has 6 nitrogen and oxygen atoms in total. The van der Waals surface area contributed by atoms with Gasteiger partial charge in [-0.05, 0) is 51.8 Å². The molecule has 1 fully saturated rings. The molecule has 24 heavy (non-hydrogen) atoms. The van der Waals surface area contributed by atoms with Crippen molar-refractivity contribution in [3.63, 3.8) is 0 Å². The second-order valence-electron chi connectivity index (χ2n) is 6.66. The highest BCUT2D eigenvalue weighted by molar-refractivity contribution is 5.89. The van der Waals surface area contributed by atoms with Crippen molar-refractivity contribution in [2.45, 2.75) is 39.2 Å². The molecule has 0 atom stereocenters. The van der Waals surface area contributed by atoms with Crippen molar-refractivity contribution in [2.75, 3.05) is 38.6 Å². The van der Waals surface area contributed by atoms with Crippen LogP contribution in [0.15, 0.2) is 12.4 Å². The molecule has 3 rings (SSSR count). The molecule has 0 aliphatic carbocycles. The first-order valence-electron chi connectivity index (χ1n) is 8.76. The Morgan fingerprint density at radius 1 is 1.25 bits per heavy atom. The van der Waals surface area contributed by atoms with Crippen LogP contribution in [0.5, 0.6) is 0 Å². The van der Waals surface area contributed by atoms with Crippen molar-refractivity contribution in [2.24, 2.45) is 0 Å². The van der Waals surface area contributed by atoms with Gasteiger partial charge in [0, 0.05) is 31.9 Å². The van der Waals surface area contributed by atoms with E-state index in [-0.39, 0.29) is 0 Å². The fourth-order valence-electron chi connectivity index (χ4n) is 3.22. The van der Waals surface area contributed by atoms with Gasteiger partial charge in [0.1, 0.15) is 12.1 Å². The number of hydrogen-bond acceptors (Lipinski definition) is 6. The number of pyridine rings is 1. The summed E-state index contributed by atoms with van der Waals surface area (Å²) in [7, 11) is 2.17. The predicted octanol–water partition coefficient (Wildman–Crippen LogP) is 2.55. The Balaban J connectivity index is 1.49. The number of likely N-dealkylation sites (tertiary alicyclic amines) is 1. The fraction of sp³-hybridized carbons (Fsp3) is 0.611. The summed E-state index contributed by atoms with van der Waals surface area (Å²) in [4.78, 5) is 15.5. The molecule has 1 aliphatic heterocycles. The highest BCUT2D eigenvalue weighted by atomic mass is 16.5. The summed E-state index contributed by atoms with van der Waals surface area (Å²) < 4.78 is 5.98. The molecular weight excluding hydrogens is 302 g/mol. The van der Waals surface area contributed by atoms with E-state index in [1.54, 1.807) is 6.33 Å². The summed E-state index contributed by atoms with van der Waals surface area (Å²) in [6, 6.07) is 2.07. The smallest absolute Gasteiger partial charge is 0.165 e. The number of anilines is 1. The van der Waals surface area contributed by atoms with Gasteiger partial charge in [-0.3, -0.25) is 0 Å². The molecule has 0 amide bonds. The van der Waals surface area contributed by atoms with Gasteiger partial charge in [-0.15, -0.1) is 0 Å². The lowest BCUT2D eigenvalue weighted by Crippen LogP contribution is -2.34. The number of ether oxygens (including phenoxy) is 1. The standard InChI is InChI=1S/C18H27N5O/c1-13-11-14(2)22-18-16(13)17(20-12-21-18)19-7-4-10-24-15-5-8-23(3)9-6-15/h11-12,15H,4-10H2,1-3H3,(H,19,20,21,22). The quantitative estimate of drug-likeness (QED) is 0.822. The van der Waals surface area contributed by atoms with Crippen molar-refractivity contribution < 1.29 is 4.74 Å². The zero-order valence-corrected chi connectivity index (χ0v) is 14.9. The van der Waals surface area contributed by atoms with Crippen LogP contribution in [0.2, 0.25) is 0 Å². The van der Waals surface area contributed by atoms with Crippen LogP contribution >= 0.6 is 0 Å². The summed E-state index contributed by atoms with van der Waals surface area (Å²) in [5.74, 6) is 0.865. The third kappa shape index (κ3) is 4.19. The Morgan fingerprint density at radius 2 is 2.04 bits per heavy atom. The van der Waals surface area contributed by atoms with E-state index in [9.17, 15) is 0 Å². The van der Waals surface area contributed by atoms with E-state index >= 15 is 0 Å². The lowest BCUT2D eigenvalue weighted by atomic mass is 10.1. The number of aromatic nitrogens is 3. The van der Waals surface area contributed by atoms with Crippen LogP contribution in [-0.2, 0) is 4.74 Å². The number of rotatable bonds is 6. The van der Waals surface area contributed by atoms with Crippen molar-refractivity contribution >= 4 is 16.9 Å². The second kappa shape index (κ2) is 7.85. The molecule has 0 radical (unpaired) electrons. The van der Waals surface area contributed by atoms with E-state index in [4.69, 9.17) is 4.74 Å². The molecule has 1 N–H and O–H groups in total. The summed E-state index contributed by atoms with van der Waals surface area (Å²) in [6.45, 7) is 7.98. The van der Waals surface area contributed by atoms with Gasteiger partial charge in [-0.25, -0.2) is 15.0 Å². The summed E-state index contributed by atoms with van der Waals surface area (Å²) >= 11 is 0. The van der Waals surface area contributed by atoms with E-state index in [0.29, 0.717) is 6.10 Å². The number of piperidine rings is 1. The number of nitrogens with one attached hydrogen (secondary N) is 1. The normalized spacial score (nSPS) is 16.6. The summed E-state index contributed by atoms with van der Waals surface area (Å²) in [5, 5.41) is 4.43. The third-order valence-corrected chi connectivity index (χ3v) is 4.56. The van der Waals surface area contributed by atoms with Crippen molar-refractivity contribution in [3.8, 4) is 0 Å². The molecule has 1 saturated heterocycles. The van der Waals surface area contributed by atoms with Crippen LogP contribution in [0, 0.1) is 13.8 Å². The molecule has 3 heterocycles. The summed E-state index contributed by atoms with van der Waals surface area (Å²) in [5.41, 5.74) is 2.90. The average molecular weight is 329 g/mol. The van der Waals surface area contributed by atoms with Gasteiger partial charge in [0.15, 0.2) is 5.65 Å². The number of nitrogens with zero attached hydrogens (tertiary/aromatic N) is 4. The molecule has 6 heteroatoms. The topological polar surface area (TPSA) is 63.2 Å². The van der Waals surface area contributed by atoms with E-state index in [1.807, 2.05) is 6.92 Å². The van der Waals surface area contributed by atoms with Crippen LogP contribution < -0.4 is 5.32 Å². The molecule has 1 aliphatic rings. The van der Waals surface area contributed by atoms with Crippen LogP contribution in [0.3, 0.4) is 0 Å². The molecule has 0 saturated carbocycles. The first kappa shape index (κ1) is 17.0. The highest BCUT2D eigenvalue weighted by Gasteiger charge is 2.16. The van der Waals surface area contributed by atoms with E-state index in [2.05, 4.69) is 45.2 Å². The minimum Gasteiger partial charge on any atom is -0.378 e. The maximum atomic E-state index is 5.98. The van der Waals surface area contributed by atoms with E-state index in [1.165, 1.54) is 0 Å². The lowest BCUT2D eigenvalue weighted by molar-refractivity contribution is 0.0125. The Bertz CT molecular complexity index is 682. The Labute approximate surface area is 143 Å². The van der Waals surface area contributed by atoms with Gasteiger partial charge in [0.2, 0.25) is 0 Å². The van der Waals surface area contributed by atoms with Crippen LogP contribution in [0.25, 0.3) is 11.0 Å². The Kier molecular flexibility index (Phi) is 5.58. The molecule has 130 valence electrons.